The van der Waals surface area contributed by atoms with Crippen molar-refractivity contribution in [2.45, 2.75) is 13.0 Å². The monoisotopic (exact) mass is 275 g/mol. The van der Waals surface area contributed by atoms with E-state index in [0.29, 0.717) is 10.7 Å². The van der Waals surface area contributed by atoms with Gasteiger partial charge in [-0.1, -0.05) is 35.9 Å². The summed E-state index contributed by atoms with van der Waals surface area (Å²) in [6.45, 7) is 0.248. The van der Waals surface area contributed by atoms with Crippen LogP contribution in [0.1, 0.15) is 11.1 Å². The molecule has 0 bridgehead atoms. The molecule has 0 aliphatic rings. The van der Waals surface area contributed by atoms with E-state index in [0.717, 1.165) is 11.1 Å². The second-order valence-electron chi connectivity index (χ2n) is 4.21. The highest BCUT2D eigenvalue weighted by molar-refractivity contribution is 6.30. The fourth-order valence-corrected chi connectivity index (χ4v) is 1.79. The predicted octanol–water partition coefficient (Wildman–Crippen LogP) is 3.21. The first kappa shape index (κ1) is 13.4. The van der Waals surface area contributed by atoms with Crippen molar-refractivity contribution in [3.63, 3.8) is 0 Å². The molecule has 2 N–H and O–H groups in total. The first-order valence-corrected chi connectivity index (χ1v) is 6.26. The average molecular weight is 276 g/mol. The van der Waals surface area contributed by atoms with Crippen molar-refractivity contribution >= 4 is 23.3 Å². The molecule has 0 unspecified atom stereocenters. The van der Waals surface area contributed by atoms with Gasteiger partial charge < -0.3 is 10.5 Å². The van der Waals surface area contributed by atoms with Crippen molar-refractivity contribution in [3.8, 4) is 0 Å². The molecular formula is C15H14ClNO2. The summed E-state index contributed by atoms with van der Waals surface area (Å²) < 4.78 is 5.19. The van der Waals surface area contributed by atoms with Gasteiger partial charge in [0.15, 0.2) is 0 Å². The maximum absolute atomic E-state index is 11.7. The van der Waals surface area contributed by atoms with Crippen LogP contribution >= 0.6 is 11.6 Å². The quantitative estimate of drug-likeness (QED) is 0.689. The molecule has 0 amide bonds. The lowest BCUT2D eigenvalue weighted by Gasteiger charge is -2.05. The Hall–Kier alpha value is -2.00. The standard InChI is InChI=1S/C15H14ClNO2/c16-13-6-4-11(5-7-13)10-19-15(18)9-12-2-1-3-14(17)8-12/h1-8H,9-10,17H2. The Bertz CT molecular complexity index is 567. The normalized spacial score (nSPS) is 10.2. The summed E-state index contributed by atoms with van der Waals surface area (Å²) in [6.07, 6.45) is 0.221. The number of esters is 1. The second kappa shape index (κ2) is 6.25. The molecule has 3 nitrogen and oxygen atoms in total. The fourth-order valence-electron chi connectivity index (χ4n) is 1.67. The highest BCUT2D eigenvalue weighted by Gasteiger charge is 2.05. The molecule has 98 valence electrons. The lowest BCUT2D eigenvalue weighted by molar-refractivity contribution is -0.144. The molecule has 0 aromatic heterocycles. The molecule has 19 heavy (non-hydrogen) atoms. The number of benzene rings is 2. The topological polar surface area (TPSA) is 52.3 Å². The van der Waals surface area contributed by atoms with Gasteiger partial charge in [0.25, 0.3) is 0 Å². The number of rotatable bonds is 4. The van der Waals surface area contributed by atoms with Crippen LogP contribution in [0.25, 0.3) is 0 Å². The zero-order chi connectivity index (χ0) is 13.7. The molecule has 0 aliphatic carbocycles. The van der Waals surface area contributed by atoms with Gasteiger partial charge in [-0.15, -0.1) is 0 Å². The SMILES string of the molecule is Nc1cccc(CC(=O)OCc2ccc(Cl)cc2)c1. The predicted molar refractivity (Wildman–Crippen MR) is 75.8 cm³/mol. The minimum atomic E-state index is -0.277. The third kappa shape index (κ3) is 4.30. The van der Waals surface area contributed by atoms with Crippen LogP contribution < -0.4 is 5.73 Å². The van der Waals surface area contributed by atoms with Crippen LogP contribution in [0, 0.1) is 0 Å². The van der Waals surface area contributed by atoms with Gasteiger partial charge in [0, 0.05) is 10.7 Å². The molecule has 0 aliphatic heterocycles. The molecule has 0 fully saturated rings. The van der Waals surface area contributed by atoms with Crippen LogP contribution in [-0.2, 0) is 22.6 Å². The highest BCUT2D eigenvalue weighted by atomic mass is 35.5. The zero-order valence-corrected chi connectivity index (χ0v) is 11.1. The maximum Gasteiger partial charge on any atom is 0.310 e. The largest absolute Gasteiger partial charge is 0.461 e. The minimum Gasteiger partial charge on any atom is -0.461 e. The number of carbonyl (C=O) groups excluding carboxylic acids is 1. The third-order valence-electron chi connectivity index (χ3n) is 2.61. The zero-order valence-electron chi connectivity index (χ0n) is 10.3. The molecular weight excluding hydrogens is 262 g/mol. The van der Waals surface area contributed by atoms with E-state index in [1.165, 1.54) is 0 Å². The summed E-state index contributed by atoms with van der Waals surface area (Å²) in [5, 5.41) is 0.662. The number of hydrogen-bond acceptors (Lipinski definition) is 3. The van der Waals surface area contributed by atoms with Crippen molar-refractivity contribution in [2.75, 3.05) is 5.73 Å². The molecule has 0 spiro atoms. The van der Waals surface area contributed by atoms with Crippen molar-refractivity contribution < 1.29 is 9.53 Å². The number of nitrogens with two attached hydrogens (primary N) is 1. The van der Waals surface area contributed by atoms with Crippen molar-refractivity contribution in [2.24, 2.45) is 0 Å². The average Bonchev–Trinajstić information content (AvgIpc) is 2.38. The number of nitrogen functional groups attached to an aromatic ring is 1. The van der Waals surface area contributed by atoms with E-state index in [9.17, 15) is 4.79 Å². The molecule has 0 saturated heterocycles. The van der Waals surface area contributed by atoms with Crippen LogP contribution in [0.5, 0.6) is 0 Å². The molecule has 2 aromatic rings. The number of halogens is 1. The Morgan fingerprint density at radius 2 is 1.84 bits per heavy atom. The lowest BCUT2D eigenvalue weighted by Crippen LogP contribution is -2.08. The Kier molecular flexibility index (Phi) is 4.42. The van der Waals surface area contributed by atoms with E-state index in [-0.39, 0.29) is 19.0 Å². The van der Waals surface area contributed by atoms with Gasteiger partial charge >= 0.3 is 5.97 Å². The molecule has 0 atom stereocenters. The van der Waals surface area contributed by atoms with Crippen LogP contribution in [0.4, 0.5) is 5.69 Å². The van der Waals surface area contributed by atoms with E-state index in [1.807, 2.05) is 24.3 Å². The van der Waals surface area contributed by atoms with E-state index in [4.69, 9.17) is 22.1 Å². The molecule has 2 aromatic carbocycles. The first-order valence-electron chi connectivity index (χ1n) is 5.88. The van der Waals surface area contributed by atoms with E-state index >= 15 is 0 Å². The second-order valence-corrected chi connectivity index (χ2v) is 4.65. The number of hydrogen-bond donors (Lipinski definition) is 1. The van der Waals surface area contributed by atoms with Gasteiger partial charge in [-0.3, -0.25) is 4.79 Å². The fraction of sp³-hybridized carbons (Fsp3) is 0.133. The van der Waals surface area contributed by atoms with Crippen LogP contribution in [0.15, 0.2) is 48.5 Å². The molecule has 0 saturated carbocycles. The number of ether oxygens (including phenoxy) is 1. The van der Waals surface area contributed by atoms with Gasteiger partial charge in [-0.25, -0.2) is 0 Å². The molecule has 0 heterocycles. The van der Waals surface area contributed by atoms with Crippen LogP contribution in [0.2, 0.25) is 5.02 Å². The summed E-state index contributed by atoms with van der Waals surface area (Å²) in [6, 6.07) is 14.4. The Balaban J connectivity index is 1.86. The molecule has 4 heteroatoms. The summed E-state index contributed by atoms with van der Waals surface area (Å²) in [4.78, 5) is 11.7. The van der Waals surface area contributed by atoms with E-state index in [2.05, 4.69) is 0 Å². The lowest BCUT2D eigenvalue weighted by atomic mass is 10.1. The maximum atomic E-state index is 11.7. The number of carbonyl (C=O) groups is 1. The third-order valence-corrected chi connectivity index (χ3v) is 2.86. The highest BCUT2D eigenvalue weighted by Crippen LogP contribution is 2.11. The Morgan fingerprint density at radius 1 is 1.11 bits per heavy atom. The van der Waals surface area contributed by atoms with Gasteiger partial charge in [0.05, 0.1) is 6.42 Å². The van der Waals surface area contributed by atoms with Crippen LogP contribution in [0.3, 0.4) is 0 Å². The van der Waals surface area contributed by atoms with Crippen molar-refractivity contribution in [1.82, 2.24) is 0 Å². The van der Waals surface area contributed by atoms with Gasteiger partial charge in [0.1, 0.15) is 6.61 Å². The minimum absolute atomic E-state index is 0.221. The van der Waals surface area contributed by atoms with Crippen molar-refractivity contribution in [3.05, 3.63) is 64.7 Å². The molecule has 0 radical (unpaired) electrons. The first-order chi connectivity index (χ1) is 9.13. The summed E-state index contributed by atoms with van der Waals surface area (Å²) >= 11 is 5.78. The molecule has 2 rings (SSSR count). The smallest absolute Gasteiger partial charge is 0.310 e. The Labute approximate surface area is 117 Å². The summed E-state index contributed by atoms with van der Waals surface area (Å²) in [7, 11) is 0. The summed E-state index contributed by atoms with van der Waals surface area (Å²) in [5.74, 6) is -0.277. The van der Waals surface area contributed by atoms with E-state index < -0.39 is 0 Å². The Morgan fingerprint density at radius 3 is 2.53 bits per heavy atom. The van der Waals surface area contributed by atoms with E-state index in [1.54, 1.807) is 24.3 Å². The number of anilines is 1. The van der Waals surface area contributed by atoms with Gasteiger partial charge in [-0.2, -0.15) is 0 Å². The van der Waals surface area contributed by atoms with Gasteiger partial charge in [-0.05, 0) is 35.4 Å². The summed E-state index contributed by atoms with van der Waals surface area (Å²) in [5.41, 5.74) is 8.05. The van der Waals surface area contributed by atoms with Crippen LogP contribution in [-0.4, -0.2) is 5.97 Å². The van der Waals surface area contributed by atoms with Gasteiger partial charge in [0.2, 0.25) is 0 Å². The van der Waals surface area contributed by atoms with Crippen molar-refractivity contribution in [1.29, 1.82) is 0 Å².